The van der Waals surface area contributed by atoms with Crippen molar-refractivity contribution in [2.24, 2.45) is 0 Å². The molecule has 1 rings (SSSR count). The number of carbonyl (C=O) groups excluding carboxylic acids is 1. The van der Waals surface area contributed by atoms with Gasteiger partial charge in [0.25, 0.3) is 5.91 Å². The van der Waals surface area contributed by atoms with Crippen molar-refractivity contribution in [1.29, 1.82) is 0 Å². The molecule has 0 spiro atoms. The summed E-state index contributed by atoms with van der Waals surface area (Å²) in [6.07, 6.45) is 2.02. The Morgan fingerprint density at radius 3 is 2.88 bits per heavy atom. The molecule has 1 atom stereocenters. The summed E-state index contributed by atoms with van der Waals surface area (Å²) in [5, 5.41) is 3.29. The van der Waals surface area contributed by atoms with E-state index in [1.807, 2.05) is 6.26 Å². The smallest absolute Gasteiger partial charge is 0.251 e. The number of benzene rings is 1. The van der Waals surface area contributed by atoms with Crippen LogP contribution < -0.4 is 11.1 Å². The van der Waals surface area contributed by atoms with Gasteiger partial charge in [-0.2, -0.15) is 11.8 Å². The average Bonchev–Trinajstić information content (AvgIpc) is 2.29. The molecule has 1 aromatic carbocycles. The Bertz CT molecular complexity index is 384. The molecule has 3 N–H and O–H groups in total. The van der Waals surface area contributed by atoms with Crippen LogP contribution in [0.15, 0.2) is 22.7 Å². The van der Waals surface area contributed by atoms with Gasteiger partial charge in [0.05, 0.1) is 0 Å². The topological polar surface area (TPSA) is 55.1 Å². The van der Waals surface area contributed by atoms with Gasteiger partial charge in [0, 0.05) is 27.5 Å². The standard InChI is InChI=1S/C11H15BrN2OS/c1-7(16-2)6-14-11(15)8-3-4-10(13)9(12)5-8/h3-5,7H,6,13H2,1-2H3,(H,14,15). The van der Waals surface area contributed by atoms with E-state index in [0.29, 0.717) is 23.0 Å². The van der Waals surface area contributed by atoms with Gasteiger partial charge in [0.15, 0.2) is 0 Å². The zero-order valence-electron chi connectivity index (χ0n) is 9.29. The van der Waals surface area contributed by atoms with Gasteiger partial charge < -0.3 is 11.1 Å². The number of rotatable bonds is 4. The molecule has 0 aliphatic rings. The Balaban J connectivity index is 2.63. The van der Waals surface area contributed by atoms with Crippen molar-refractivity contribution >= 4 is 39.3 Å². The molecule has 0 aliphatic carbocycles. The van der Waals surface area contributed by atoms with E-state index in [1.54, 1.807) is 30.0 Å². The van der Waals surface area contributed by atoms with Crippen molar-refractivity contribution in [2.75, 3.05) is 18.5 Å². The summed E-state index contributed by atoms with van der Waals surface area (Å²) in [6.45, 7) is 2.74. The van der Waals surface area contributed by atoms with Crippen LogP contribution in [-0.2, 0) is 0 Å². The summed E-state index contributed by atoms with van der Waals surface area (Å²) in [7, 11) is 0. The summed E-state index contributed by atoms with van der Waals surface area (Å²) in [6, 6.07) is 5.17. The van der Waals surface area contributed by atoms with Crippen LogP contribution >= 0.6 is 27.7 Å². The molecule has 0 radical (unpaired) electrons. The Hall–Kier alpha value is -0.680. The highest BCUT2D eigenvalue weighted by Gasteiger charge is 2.08. The second kappa shape index (κ2) is 6.15. The highest BCUT2D eigenvalue weighted by molar-refractivity contribution is 9.10. The third kappa shape index (κ3) is 3.72. The monoisotopic (exact) mass is 302 g/mol. The lowest BCUT2D eigenvalue weighted by atomic mass is 10.2. The van der Waals surface area contributed by atoms with Crippen molar-refractivity contribution in [1.82, 2.24) is 5.32 Å². The second-order valence-electron chi connectivity index (χ2n) is 3.49. The summed E-state index contributed by atoms with van der Waals surface area (Å²) in [5.74, 6) is -0.0680. The SMILES string of the molecule is CSC(C)CNC(=O)c1ccc(N)c(Br)c1. The molecular formula is C11H15BrN2OS. The Kier molecular flexibility index (Phi) is 5.15. The first kappa shape index (κ1) is 13.4. The first-order valence-electron chi connectivity index (χ1n) is 4.90. The van der Waals surface area contributed by atoms with Crippen LogP contribution in [0.5, 0.6) is 0 Å². The quantitative estimate of drug-likeness (QED) is 0.840. The van der Waals surface area contributed by atoms with E-state index in [9.17, 15) is 4.79 Å². The fourth-order valence-corrected chi connectivity index (χ4v) is 1.72. The minimum absolute atomic E-state index is 0.0680. The minimum atomic E-state index is -0.0680. The third-order valence-corrected chi connectivity index (χ3v) is 3.87. The predicted octanol–water partition coefficient (Wildman–Crippen LogP) is 2.51. The number of amides is 1. The van der Waals surface area contributed by atoms with Crippen molar-refractivity contribution in [3.8, 4) is 0 Å². The number of nitrogens with one attached hydrogen (secondary N) is 1. The average molecular weight is 303 g/mol. The summed E-state index contributed by atoms with van der Waals surface area (Å²) in [5.41, 5.74) is 6.90. The van der Waals surface area contributed by atoms with Gasteiger partial charge >= 0.3 is 0 Å². The third-order valence-electron chi connectivity index (χ3n) is 2.22. The maximum Gasteiger partial charge on any atom is 0.251 e. The number of nitrogens with two attached hydrogens (primary N) is 1. The molecule has 5 heteroatoms. The van der Waals surface area contributed by atoms with Crippen LogP contribution in [0.1, 0.15) is 17.3 Å². The first-order valence-corrected chi connectivity index (χ1v) is 6.98. The number of anilines is 1. The van der Waals surface area contributed by atoms with Gasteiger partial charge in [-0.3, -0.25) is 4.79 Å². The largest absolute Gasteiger partial charge is 0.398 e. The molecule has 1 amide bonds. The van der Waals surface area contributed by atoms with Gasteiger partial charge in [-0.05, 0) is 40.4 Å². The predicted molar refractivity (Wildman–Crippen MR) is 73.9 cm³/mol. The Labute approximate surface area is 108 Å². The van der Waals surface area contributed by atoms with E-state index in [-0.39, 0.29) is 5.91 Å². The summed E-state index contributed by atoms with van der Waals surface area (Å²) < 4.78 is 0.748. The van der Waals surface area contributed by atoms with E-state index in [0.717, 1.165) is 4.47 Å². The van der Waals surface area contributed by atoms with Crippen LogP contribution in [0.2, 0.25) is 0 Å². The molecule has 0 aromatic heterocycles. The van der Waals surface area contributed by atoms with Gasteiger partial charge in [-0.25, -0.2) is 0 Å². The van der Waals surface area contributed by atoms with E-state index in [4.69, 9.17) is 5.73 Å². The molecule has 1 unspecified atom stereocenters. The van der Waals surface area contributed by atoms with Crippen LogP contribution in [-0.4, -0.2) is 24.0 Å². The highest BCUT2D eigenvalue weighted by atomic mass is 79.9. The molecule has 0 saturated carbocycles. The van der Waals surface area contributed by atoms with Crippen LogP contribution in [0.25, 0.3) is 0 Å². The lowest BCUT2D eigenvalue weighted by Crippen LogP contribution is -2.29. The lowest BCUT2D eigenvalue weighted by molar-refractivity contribution is 0.0954. The van der Waals surface area contributed by atoms with E-state index >= 15 is 0 Å². The van der Waals surface area contributed by atoms with Gasteiger partial charge in [0.1, 0.15) is 0 Å². The van der Waals surface area contributed by atoms with Crippen LogP contribution in [0.4, 0.5) is 5.69 Å². The van der Waals surface area contributed by atoms with Crippen molar-refractivity contribution < 1.29 is 4.79 Å². The zero-order valence-corrected chi connectivity index (χ0v) is 11.7. The highest BCUT2D eigenvalue weighted by Crippen LogP contribution is 2.20. The molecule has 0 fully saturated rings. The van der Waals surface area contributed by atoms with Gasteiger partial charge in [-0.1, -0.05) is 6.92 Å². The number of hydrogen-bond donors (Lipinski definition) is 2. The van der Waals surface area contributed by atoms with Gasteiger partial charge in [-0.15, -0.1) is 0 Å². The molecule has 0 aliphatic heterocycles. The first-order chi connectivity index (χ1) is 7.54. The number of thioether (sulfide) groups is 1. The number of nitrogen functional groups attached to an aromatic ring is 1. The number of halogens is 1. The number of hydrogen-bond acceptors (Lipinski definition) is 3. The molecule has 1 aromatic rings. The Morgan fingerprint density at radius 2 is 2.31 bits per heavy atom. The fraction of sp³-hybridized carbons (Fsp3) is 0.364. The normalized spacial score (nSPS) is 12.2. The fourth-order valence-electron chi connectivity index (χ4n) is 1.09. The van der Waals surface area contributed by atoms with E-state index in [1.165, 1.54) is 0 Å². The molecule has 0 bridgehead atoms. The lowest BCUT2D eigenvalue weighted by Gasteiger charge is -2.10. The van der Waals surface area contributed by atoms with E-state index in [2.05, 4.69) is 28.2 Å². The summed E-state index contributed by atoms with van der Waals surface area (Å²) >= 11 is 5.02. The van der Waals surface area contributed by atoms with Crippen molar-refractivity contribution in [3.05, 3.63) is 28.2 Å². The maximum absolute atomic E-state index is 11.7. The summed E-state index contributed by atoms with van der Waals surface area (Å²) in [4.78, 5) is 11.7. The second-order valence-corrected chi connectivity index (χ2v) is 5.62. The molecule has 3 nitrogen and oxygen atoms in total. The van der Waals surface area contributed by atoms with Crippen molar-refractivity contribution in [2.45, 2.75) is 12.2 Å². The molecule has 0 heterocycles. The van der Waals surface area contributed by atoms with E-state index < -0.39 is 0 Å². The molecular weight excluding hydrogens is 288 g/mol. The molecule has 0 saturated heterocycles. The van der Waals surface area contributed by atoms with Gasteiger partial charge in [0.2, 0.25) is 0 Å². The minimum Gasteiger partial charge on any atom is -0.398 e. The number of carbonyl (C=O) groups is 1. The maximum atomic E-state index is 11.7. The van der Waals surface area contributed by atoms with Crippen LogP contribution in [0, 0.1) is 0 Å². The Morgan fingerprint density at radius 1 is 1.62 bits per heavy atom. The van der Waals surface area contributed by atoms with Crippen LogP contribution in [0.3, 0.4) is 0 Å². The zero-order chi connectivity index (χ0) is 12.1. The molecule has 16 heavy (non-hydrogen) atoms. The van der Waals surface area contributed by atoms with Crippen molar-refractivity contribution in [3.63, 3.8) is 0 Å². The molecule has 88 valence electrons.